The molecule has 2 rings (SSSR count). The molecule has 0 saturated heterocycles. The van der Waals surface area contributed by atoms with Gasteiger partial charge in [-0.3, -0.25) is 0 Å². The van der Waals surface area contributed by atoms with E-state index in [0.29, 0.717) is 5.02 Å². The first kappa shape index (κ1) is 18.1. The van der Waals surface area contributed by atoms with Crippen LogP contribution in [0.15, 0.2) is 54.6 Å². The zero-order chi connectivity index (χ0) is 17.4. The Morgan fingerprint density at radius 3 is 2.46 bits per heavy atom. The van der Waals surface area contributed by atoms with Crippen molar-refractivity contribution in [2.75, 3.05) is 11.4 Å². The van der Waals surface area contributed by atoms with Gasteiger partial charge in [0, 0.05) is 12.2 Å². The van der Waals surface area contributed by atoms with Crippen molar-refractivity contribution in [2.45, 2.75) is 32.9 Å². The lowest BCUT2D eigenvalue weighted by atomic mass is 10.2. The van der Waals surface area contributed by atoms with E-state index in [2.05, 4.69) is 6.92 Å². The molecular formula is C19H22ClNO3. The van der Waals surface area contributed by atoms with Crippen LogP contribution in [0, 0.1) is 0 Å². The maximum absolute atomic E-state index is 12.1. The van der Waals surface area contributed by atoms with Gasteiger partial charge in [0.05, 0.1) is 5.02 Å². The summed E-state index contributed by atoms with van der Waals surface area (Å²) in [4.78, 5) is 14.1. The standard InChI is InChI=1S/C19H22ClNO3/c1-3-4-14-21(16-10-6-5-7-11-16)15(2)23-19(22)24-18-13-9-8-12-17(18)20/h5-13,15H,3-4,14H2,1-2H3. The Hall–Kier alpha value is -2.20. The van der Waals surface area contributed by atoms with Crippen LogP contribution in [0.2, 0.25) is 5.02 Å². The number of unbranched alkanes of at least 4 members (excludes halogenated alkanes) is 1. The molecule has 0 radical (unpaired) electrons. The van der Waals surface area contributed by atoms with E-state index in [0.717, 1.165) is 25.1 Å². The maximum Gasteiger partial charge on any atom is 0.515 e. The third kappa shape index (κ3) is 5.17. The number of nitrogens with zero attached hydrogens (tertiary/aromatic N) is 1. The first-order valence-corrected chi connectivity index (χ1v) is 8.44. The van der Waals surface area contributed by atoms with Gasteiger partial charge in [-0.1, -0.05) is 55.3 Å². The molecule has 0 heterocycles. The topological polar surface area (TPSA) is 38.8 Å². The van der Waals surface area contributed by atoms with Gasteiger partial charge in [-0.15, -0.1) is 0 Å². The number of para-hydroxylation sites is 2. The number of hydrogen-bond donors (Lipinski definition) is 0. The molecule has 0 saturated carbocycles. The van der Waals surface area contributed by atoms with Crippen LogP contribution in [0.3, 0.4) is 0 Å². The Kier molecular flexibility index (Phi) is 6.94. The molecule has 2 aromatic carbocycles. The van der Waals surface area contributed by atoms with E-state index in [1.807, 2.05) is 42.2 Å². The number of hydrogen-bond acceptors (Lipinski definition) is 4. The van der Waals surface area contributed by atoms with E-state index in [9.17, 15) is 4.79 Å². The molecule has 0 amide bonds. The minimum absolute atomic E-state index is 0.288. The normalized spacial score (nSPS) is 11.6. The molecule has 0 fully saturated rings. The predicted molar refractivity (Wildman–Crippen MR) is 96.7 cm³/mol. The summed E-state index contributed by atoms with van der Waals surface area (Å²) >= 11 is 5.99. The number of rotatable bonds is 7. The summed E-state index contributed by atoms with van der Waals surface area (Å²) in [5.74, 6) is 0.288. The highest BCUT2D eigenvalue weighted by Crippen LogP contribution is 2.24. The highest BCUT2D eigenvalue weighted by molar-refractivity contribution is 6.32. The lowest BCUT2D eigenvalue weighted by Crippen LogP contribution is -2.38. The molecule has 128 valence electrons. The van der Waals surface area contributed by atoms with Crippen molar-refractivity contribution in [2.24, 2.45) is 0 Å². The quantitative estimate of drug-likeness (QED) is 0.376. The fraction of sp³-hybridized carbons (Fsp3) is 0.316. The summed E-state index contributed by atoms with van der Waals surface area (Å²) in [5, 5.41) is 0.369. The summed E-state index contributed by atoms with van der Waals surface area (Å²) < 4.78 is 10.6. The summed E-state index contributed by atoms with van der Waals surface area (Å²) in [6.07, 6.45) is 0.837. The second kappa shape index (κ2) is 9.18. The third-order valence-electron chi connectivity index (χ3n) is 3.58. The third-order valence-corrected chi connectivity index (χ3v) is 3.89. The number of ether oxygens (including phenoxy) is 2. The lowest BCUT2D eigenvalue weighted by Gasteiger charge is -2.30. The van der Waals surface area contributed by atoms with Gasteiger partial charge >= 0.3 is 6.16 Å². The van der Waals surface area contributed by atoms with Crippen molar-refractivity contribution in [3.63, 3.8) is 0 Å². The molecule has 1 unspecified atom stereocenters. The minimum atomic E-state index is -0.770. The van der Waals surface area contributed by atoms with Crippen LogP contribution in [0.4, 0.5) is 10.5 Å². The molecule has 0 N–H and O–H groups in total. The fourth-order valence-electron chi connectivity index (χ4n) is 2.31. The first-order valence-electron chi connectivity index (χ1n) is 8.06. The van der Waals surface area contributed by atoms with Gasteiger partial charge in [0.1, 0.15) is 0 Å². The van der Waals surface area contributed by atoms with Gasteiger partial charge < -0.3 is 14.4 Å². The number of carbonyl (C=O) groups is 1. The van der Waals surface area contributed by atoms with Crippen LogP contribution in [0.25, 0.3) is 0 Å². The molecule has 0 aliphatic carbocycles. The second-order valence-electron chi connectivity index (χ2n) is 5.38. The van der Waals surface area contributed by atoms with E-state index < -0.39 is 12.4 Å². The van der Waals surface area contributed by atoms with Gasteiger partial charge in [-0.05, 0) is 37.6 Å². The number of halogens is 1. The zero-order valence-corrected chi connectivity index (χ0v) is 14.7. The van der Waals surface area contributed by atoms with Crippen LogP contribution < -0.4 is 9.64 Å². The molecule has 1 atom stereocenters. The van der Waals surface area contributed by atoms with Crippen molar-refractivity contribution in [1.29, 1.82) is 0 Å². The van der Waals surface area contributed by atoms with Gasteiger partial charge in [0.25, 0.3) is 0 Å². The number of carbonyl (C=O) groups excluding carboxylic acids is 1. The highest BCUT2D eigenvalue weighted by atomic mass is 35.5. The molecule has 4 nitrogen and oxygen atoms in total. The molecule has 0 aromatic heterocycles. The summed E-state index contributed by atoms with van der Waals surface area (Å²) in [7, 11) is 0. The molecule has 0 aliphatic heterocycles. The van der Waals surface area contributed by atoms with Crippen molar-refractivity contribution in [1.82, 2.24) is 0 Å². The Balaban J connectivity index is 2.02. The van der Waals surface area contributed by atoms with E-state index in [1.165, 1.54) is 0 Å². The highest BCUT2D eigenvalue weighted by Gasteiger charge is 2.20. The smallest absolute Gasteiger partial charge is 0.410 e. The van der Waals surface area contributed by atoms with Crippen LogP contribution in [0.5, 0.6) is 5.75 Å². The zero-order valence-electron chi connectivity index (χ0n) is 13.9. The molecule has 0 bridgehead atoms. The molecular weight excluding hydrogens is 326 g/mol. The summed E-state index contributed by atoms with van der Waals surface area (Å²) in [6.45, 7) is 4.75. The van der Waals surface area contributed by atoms with Gasteiger partial charge in [0.15, 0.2) is 12.0 Å². The van der Waals surface area contributed by atoms with E-state index >= 15 is 0 Å². The average molecular weight is 348 g/mol. The number of anilines is 1. The molecule has 2 aromatic rings. The van der Waals surface area contributed by atoms with Crippen LogP contribution in [-0.2, 0) is 4.74 Å². The van der Waals surface area contributed by atoms with Crippen LogP contribution in [-0.4, -0.2) is 18.9 Å². The van der Waals surface area contributed by atoms with Gasteiger partial charge in [-0.25, -0.2) is 4.79 Å². The molecule has 0 aliphatic rings. The van der Waals surface area contributed by atoms with Crippen LogP contribution >= 0.6 is 11.6 Å². The van der Waals surface area contributed by atoms with Crippen molar-refractivity contribution in [3.05, 3.63) is 59.6 Å². The maximum atomic E-state index is 12.1. The Labute approximate surface area is 147 Å². The number of benzene rings is 2. The largest absolute Gasteiger partial charge is 0.515 e. The lowest BCUT2D eigenvalue weighted by molar-refractivity contribution is 0.0640. The Morgan fingerprint density at radius 1 is 1.12 bits per heavy atom. The van der Waals surface area contributed by atoms with Gasteiger partial charge in [-0.2, -0.15) is 0 Å². The van der Waals surface area contributed by atoms with Gasteiger partial charge in [0.2, 0.25) is 0 Å². The van der Waals surface area contributed by atoms with Crippen molar-refractivity contribution in [3.8, 4) is 5.75 Å². The molecule has 24 heavy (non-hydrogen) atoms. The minimum Gasteiger partial charge on any atom is -0.410 e. The van der Waals surface area contributed by atoms with Crippen molar-refractivity contribution >= 4 is 23.4 Å². The Morgan fingerprint density at radius 2 is 1.79 bits per heavy atom. The Bertz CT molecular complexity index is 648. The molecule has 5 heteroatoms. The van der Waals surface area contributed by atoms with E-state index in [1.54, 1.807) is 24.3 Å². The van der Waals surface area contributed by atoms with E-state index in [-0.39, 0.29) is 5.75 Å². The summed E-state index contributed by atoms with van der Waals surface area (Å²) in [6, 6.07) is 16.7. The average Bonchev–Trinajstić information content (AvgIpc) is 2.58. The summed E-state index contributed by atoms with van der Waals surface area (Å²) in [5.41, 5.74) is 1.00. The SMILES string of the molecule is CCCCN(c1ccccc1)C(C)OC(=O)Oc1ccccc1Cl. The van der Waals surface area contributed by atoms with Crippen molar-refractivity contribution < 1.29 is 14.3 Å². The monoisotopic (exact) mass is 347 g/mol. The van der Waals surface area contributed by atoms with E-state index in [4.69, 9.17) is 21.1 Å². The first-order chi connectivity index (χ1) is 11.6. The second-order valence-corrected chi connectivity index (χ2v) is 5.79. The van der Waals surface area contributed by atoms with Crippen LogP contribution in [0.1, 0.15) is 26.7 Å². The predicted octanol–water partition coefficient (Wildman–Crippen LogP) is 5.51. The molecule has 0 spiro atoms. The fourth-order valence-corrected chi connectivity index (χ4v) is 2.49.